The Balaban J connectivity index is 2.37. The standard InChI is InChI=1S/C18H21Cl2N3/c1-5-23(4)11-21-16-8-12(2)9-17(18(16)20)22-15-10-14(19)7-6-13(15)3/h6-11,22H,5H2,1-4H3. The first-order chi connectivity index (χ1) is 10.9. The Labute approximate surface area is 147 Å². The van der Waals surface area contributed by atoms with Crippen LogP contribution in [0.4, 0.5) is 17.1 Å². The number of aryl methyl sites for hydroxylation is 2. The predicted molar refractivity (Wildman–Crippen MR) is 102 cm³/mol. The molecule has 5 heteroatoms. The molecule has 0 aliphatic heterocycles. The van der Waals surface area contributed by atoms with Crippen molar-refractivity contribution >= 4 is 46.6 Å². The number of halogens is 2. The van der Waals surface area contributed by atoms with Gasteiger partial charge in [-0.05, 0) is 56.2 Å². The van der Waals surface area contributed by atoms with Crippen molar-refractivity contribution in [3.05, 3.63) is 51.5 Å². The maximum atomic E-state index is 6.52. The van der Waals surface area contributed by atoms with Gasteiger partial charge in [0.15, 0.2) is 0 Å². The second-order valence-corrected chi connectivity index (χ2v) is 6.36. The minimum Gasteiger partial charge on any atom is -0.366 e. The van der Waals surface area contributed by atoms with Gasteiger partial charge in [0, 0.05) is 24.3 Å². The number of nitrogens with one attached hydrogen (secondary N) is 1. The topological polar surface area (TPSA) is 27.6 Å². The van der Waals surface area contributed by atoms with Crippen molar-refractivity contribution in [2.75, 3.05) is 18.9 Å². The Morgan fingerprint density at radius 2 is 1.87 bits per heavy atom. The van der Waals surface area contributed by atoms with Gasteiger partial charge < -0.3 is 10.2 Å². The smallest absolute Gasteiger partial charge is 0.0910 e. The molecule has 3 nitrogen and oxygen atoms in total. The molecular weight excluding hydrogens is 329 g/mol. The molecule has 2 rings (SSSR count). The van der Waals surface area contributed by atoms with Gasteiger partial charge in [0.1, 0.15) is 0 Å². The Hall–Kier alpha value is -1.71. The highest BCUT2D eigenvalue weighted by Gasteiger charge is 2.09. The molecule has 23 heavy (non-hydrogen) atoms. The average Bonchev–Trinajstić information content (AvgIpc) is 2.52. The van der Waals surface area contributed by atoms with Crippen LogP contribution in [0.25, 0.3) is 0 Å². The van der Waals surface area contributed by atoms with Crippen molar-refractivity contribution in [1.82, 2.24) is 4.90 Å². The third kappa shape index (κ3) is 4.63. The molecule has 0 fully saturated rings. The van der Waals surface area contributed by atoms with Crippen LogP contribution in [0, 0.1) is 13.8 Å². The van der Waals surface area contributed by atoms with E-state index in [4.69, 9.17) is 23.2 Å². The second kappa shape index (κ2) is 7.71. The molecule has 0 bridgehead atoms. The minimum atomic E-state index is 0.593. The van der Waals surface area contributed by atoms with E-state index in [1.807, 2.05) is 56.1 Å². The lowest BCUT2D eigenvalue weighted by Crippen LogP contribution is -2.14. The largest absolute Gasteiger partial charge is 0.366 e. The van der Waals surface area contributed by atoms with Gasteiger partial charge in [-0.1, -0.05) is 29.3 Å². The number of benzene rings is 2. The average molecular weight is 350 g/mol. The molecule has 0 atom stereocenters. The molecule has 1 N–H and O–H groups in total. The normalized spacial score (nSPS) is 11.0. The van der Waals surface area contributed by atoms with Gasteiger partial charge in [-0.2, -0.15) is 0 Å². The second-order valence-electron chi connectivity index (χ2n) is 5.55. The van der Waals surface area contributed by atoms with Crippen LogP contribution in [0.3, 0.4) is 0 Å². The molecule has 2 aromatic rings. The van der Waals surface area contributed by atoms with Crippen molar-refractivity contribution in [3.8, 4) is 0 Å². The molecule has 0 heterocycles. The van der Waals surface area contributed by atoms with Crippen molar-refractivity contribution in [2.24, 2.45) is 4.99 Å². The molecule has 0 aliphatic carbocycles. The first-order valence-electron chi connectivity index (χ1n) is 7.48. The number of aliphatic imine (C=N–C) groups is 1. The van der Waals surface area contributed by atoms with Gasteiger partial charge in [0.25, 0.3) is 0 Å². The zero-order chi connectivity index (χ0) is 17.0. The summed E-state index contributed by atoms with van der Waals surface area (Å²) in [7, 11) is 1.97. The van der Waals surface area contributed by atoms with Crippen LogP contribution in [0.1, 0.15) is 18.1 Å². The van der Waals surface area contributed by atoms with E-state index < -0.39 is 0 Å². The molecule has 0 amide bonds. The number of rotatable bonds is 5. The summed E-state index contributed by atoms with van der Waals surface area (Å²) >= 11 is 12.6. The van der Waals surface area contributed by atoms with Crippen molar-refractivity contribution in [2.45, 2.75) is 20.8 Å². The summed E-state index contributed by atoms with van der Waals surface area (Å²) < 4.78 is 0. The number of hydrogen-bond acceptors (Lipinski definition) is 2. The fraction of sp³-hybridized carbons (Fsp3) is 0.278. The lowest BCUT2D eigenvalue weighted by atomic mass is 10.1. The summed E-state index contributed by atoms with van der Waals surface area (Å²) in [4.78, 5) is 6.48. The van der Waals surface area contributed by atoms with Gasteiger partial charge in [0.05, 0.1) is 22.7 Å². The molecule has 0 aromatic heterocycles. The molecule has 2 aromatic carbocycles. The Kier molecular flexibility index (Phi) is 5.91. The highest BCUT2D eigenvalue weighted by molar-refractivity contribution is 6.36. The lowest BCUT2D eigenvalue weighted by molar-refractivity contribution is 0.552. The number of hydrogen-bond donors (Lipinski definition) is 1. The lowest BCUT2D eigenvalue weighted by Gasteiger charge is -2.14. The van der Waals surface area contributed by atoms with E-state index in [0.717, 1.165) is 34.7 Å². The van der Waals surface area contributed by atoms with Crippen LogP contribution in [-0.2, 0) is 0 Å². The van der Waals surface area contributed by atoms with Gasteiger partial charge in [0.2, 0.25) is 0 Å². The molecule has 0 aliphatic rings. The van der Waals surface area contributed by atoms with E-state index in [9.17, 15) is 0 Å². The summed E-state index contributed by atoms with van der Waals surface area (Å²) in [5, 5.41) is 4.64. The monoisotopic (exact) mass is 349 g/mol. The van der Waals surface area contributed by atoms with Crippen LogP contribution in [-0.4, -0.2) is 24.8 Å². The summed E-state index contributed by atoms with van der Waals surface area (Å²) in [5.41, 5.74) is 4.69. The number of anilines is 2. The van der Waals surface area contributed by atoms with Crippen LogP contribution in [0.15, 0.2) is 35.3 Å². The van der Waals surface area contributed by atoms with E-state index in [-0.39, 0.29) is 0 Å². The Morgan fingerprint density at radius 1 is 1.13 bits per heavy atom. The van der Waals surface area contributed by atoms with E-state index >= 15 is 0 Å². The molecule has 0 saturated heterocycles. The van der Waals surface area contributed by atoms with Gasteiger partial charge in [-0.25, -0.2) is 4.99 Å². The first kappa shape index (κ1) is 17.6. The van der Waals surface area contributed by atoms with Crippen LogP contribution in [0.2, 0.25) is 10.0 Å². The van der Waals surface area contributed by atoms with E-state index in [1.165, 1.54) is 0 Å². The third-order valence-corrected chi connectivity index (χ3v) is 4.19. The third-order valence-electron chi connectivity index (χ3n) is 3.56. The van der Waals surface area contributed by atoms with Crippen LogP contribution in [0.5, 0.6) is 0 Å². The molecule has 0 unspecified atom stereocenters. The Morgan fingerprint density at radius 3 is 2.57 bits per heavy atom. The molecule has 0 saturated carbocycles. The molecular formula is C18H21Cl2N3. The summed E-state index contributed by atoms with van der Waals surface area (Å²) in [6.45, 7) is 7.01. The van der Waals surface area contributed by atoms with E-state index in [0.29, 0.717) is 10.0 Å². The van der Waals surface area contributed by atoms with Gasteiger partial charge in [-0.15, -0.1) is 0 Å². The van der Waals surface area contributed by atoms with Crippen LogP contribution >= 0.6 is 23.2 Å². The molecule has 122 valence electrons. The van der Waals surface area contributed by atoms with Crippen LogP contribution < -0.4 is 5.32 Å². The predicted octanol–water partition coefficient (Wildman–Crippen LogP) is 5.97. The zero-order valence-electron chi connectivity index (χ0n) is 13.8. The zero-order valence-corrected chi connectivity index (χ0v) is 15.3. The maximum Gasteiger partial charge on any atom is 0.0910 e. The van der Waals surface area contributed by atoms with E-state index in [2.05, 4.69) is 17.2 Å². The van der Waals surface area contributed by atoms with E-state index in [1.54, 1.807) is 6.34 Å². The SMILES string of the molecule is CCN(C)C=Nc1cc(C)cc(Nc2cc(Cl)ccc2C)c1Cl. The quantitative estimate of drug-likeness (QED) is 0.532. The van der Waals surface area contributed by atoms with Crippen molar-refractivity contribution in [1.29, 1.82) is 0 Å². The fourth-order valence-corrected chi connectivity index (χ4v) is 2.43. The molecule has 0 radical (unpaired) electrons. The number of nitrogens with zero attached hydrogens (tertiary/aromatic N) is 2. The van der Waals surface area contributed by atoms with Gasteiger partial charge >= 0.3 is 0 Å². The summed E-state index contributed by atoms with van der Waals surface area (Å²) in [5.74, 6) is 0. The maximum absolute atomic E-state index is 6.52. The Bertz CT molecular complexity index is 726. The fourth-order valence-electron chi connectivity index (χ4n) is 2.05. The van der Waals surface area contributed by atoms with Crippen molar-refractivity contribution in [3.63, 3.8) is 0 Å². The summed E-state index contributed by atoms with van der Waals surface area (Å²) in [6, 6.07) is 9.72. The highest BCUT2D eigenvalue weighted by Crippen LogP contribution is 2.36. The van der Waals surface area contributed by atoms with Gasteiger partial charge in [-0.3, -0.25) is 0 Å². The summed E-state index contributed by atoms with van der Waals surface area (Å²) in [6.07, 6.45) is 1.79. The highest BCUT2D eigenvalue weighted by atomic mass is 35.5. The minimum absolute atomic E-state index is 0.593. The first-order valence-corrected chi connectivity index (χ1v) is 8.24. The molecule has 0 spiro atoms. The van der Waals surface area contributed by atoms with Crippen molar-refractivity contribution < 1.29 is 0 Å².